The van der Waals surface area contributed by atoms with Crippen molar-refractivity contribution in [3.8, 4) is 0 Å². The number of hydrogen-bond donors (Lipinski definition) is 2. The molecule has 1 aromatic rings. The number of hydrogen-bond acceptors (Lipinski definition) is 3. The van der Waals surface area contributed by atoms with E-state index in [0.717, 1.165) is 5.56 Å². The van der Waals surface area contributed by atoms with Gasteiger partial charge in [0.05, 0.1) is 6.10 Å². The molecular weight excluding hydrogens is 264 g/mol. The van der Waals surface area contributed by atoms with Crippen LogP contribution in [-0.2, 0) is 4.74 Å². The summed E-state index contributed by atoms with van der Waals surface area (Å²) < 4.78 is 5.31. The summed E-state index contributed by atoms with van der Waals surface area (Å²) in [5.74, 6) is 0.250. The van der Waals surface area contributed by atoms with Gasteiger partial charge in [0.15, 0.2) is 0 Å². The van der Waals surface area contributed by atoms with Gasteiger partial charge in [-0.25, -0.2) is 0 Å². The van der Waals surface area contributed by atoms with Gasteiger partial charge in [0, 0.05) is 24.9 Å². The number of ether oxygens (including phenoxy) is 1. The third-order valence-corrected chi connectivity index (χ3v) is 3.02. The van der Waals surface area contributed by atoms with Crippen molar-refractivity contribution in [2.45, 2.75) is 26.9 Å². The lowest BCUT2D eigenvalue weighted by Crippen LogP contribution is -2.36. The minimum absolute atomic E-state index is 0. The van der Waals surface area contributed by atoms with Gasteiger partial charge in [0.2, 0.25) is 0 Å². The number of benzene rings is 1. The van der Waals surface area contributed by atoms with Crippen molar-refractivity contribution in [1.29, 1.82) is 0 Å². The van der Waals surface area contributed by atoms with E-state index >= 15 is 0 Å². The molecule has 5 heteroatoms. The summed E-state index contributed by atoms with van der Waals surface area (Å²) >= 11 is 0. The summed E-state index contributed by atoms with van der Waals surface area (Å²) in [7, 11) is 1.66. The maximum atomic E-state index is 12.0. The summed E-state index contributed by atoms with van der Waals surface area (Å²) in [6, 6.07) is 5.33. The Kier molecular flexibility index (Phi) is 7.49. The van der Waals surface area contributed by atoms with Gasteiger partial charge in [-0.3, -0.25) is 4.79 Å². The van der Waals surface area contributed by atoms with Crippen LogP contribution >= 0.6 is 12.4 Å². The Morgan fingerprint density at radius 3 is 2.58 bits per heavy atom. The van der Waals surface area contributed by atoms with Gasteiger partial charge in [0.25, 0.3) is 5.91 Å². The molecule has 4 nitrogen and oxygen atoms in total. The van der Waals surface area contributed by atoms with Crippen LogP contribution in [0.4, 0.5) is 5.69 Å². The third kappa shape index (κ3) is 5.09. The average molecular weight is 287 g/mol. The summed E-state index contributed by atoms with van der Waals surface area (Å²) in [6.07, 6.45) is 0.0234. The SMILES string of the molecule is COC(CNC(=O)c1cc(N)ccc1C)C(C)C.Cl. The molecule has 0 aliphatic rings. The largest absolute Gasteiger partial charge is 0.399 e. The number of carbonyl (C=O) groups is 1. The number of nitrogens with one attached hydrogen (secondary N) is 1. The van der Waals surface area contributed by atoms with E-state index in [0.29, 0.717) is 23.7 Å². The highest BCUT2D eigenvalue weighted by Gasteiger charge is 2.15. The topological polar surface area (TPSA) is 64.3 Å². The monoisotopic (exact) mass is 286 g/mol. The van der Waals surface area contributed by atoms with E-state index in [9.17, 15) is 4.79 Å². The maximum Gasteiger partial charge on any atom is 0.251 e. The van der Waals surface area contributed by atoms with Crippen molar-refractivity contribution in [3.63, 3.8) is 0 Å². The summed E-state index contributed by atoms with van der Waals surface area (Å²) in [5.41, 5.74) is 7.82. The maximum absolute atomic E-state index is 12.0. The van der Waals surface area contributed by atoms with E-state index < -0.39 is 0 Å². The molecule has 0 aromatic heterocycles. The Hall–Kier alpha value is -1.26. The van der Waals surface area contributed by atoms with Gasteiger partial charge in [-0.2, -0.15) is 0 Å². The average Bonchev–Trinajstić information content (AvgIpc) is 2.32. The number of rotatable bonds is 5. The molecule has 108 valence electrons. The number of aryl methyl sites for hydroxylation is 1. The quantitative estimate of drug-likeness (QED) is 0.817. The molecule has 1 rings (SSSR count). The van der Waals surface area contributed by atoms with Gasteiger partial charge >= 0.3 is 0 Å². The molecule has 19 heavy (non-hydrogen) atoms. The lowest BCUT2D eigenvalue weighted by Gasteiger charge is -2.19. The van der Waals surface area contributed by atoms with Crippen LogP contribution in [0.3, 0.4) is 0 Å². The fraction of sp³-hybridized carbons (Fsp3) is 0.500. The number of methoxy groups -OCH3 is 1. The molecular formula is C14H23ClN2O2. The lowest BCUT2D eigenvalue weighted by molar-refractivity contribution is 0.0605. The zero-order chi connectivity index (χ0) is 13.7. The predicted octanol–water partition coefficient (Wildman–Crippen LogP) is 2.40. The van der Waals surface area contributed by atoms with Gasteiger partial charge in [-0.1, -0.05) is 19.9 Å². The molecule has 0 aliphatic heterocycles. The van der Waals surface area contributed by atoms with Crippen molar-refractivity contribution >= 4 is 24.0 Å². The van der Waals surface area contributed by atoms with E-state index in [2.05, 4.69) is 19.2 Å². The zero-order valence-electron chi connectivity index (χ0n) is 11.9. The van der Waals surface area contributed by atoms with Crippen LogP contribution in [0, 0.1) is 12.8 Å². The highest BCUT2D eigenvalue weighted by Crippen LogP contribution is 2.12. The molecule has 1 unspecified atom stereocenters. The van der Waals surface area contributed by atoms with E-state index in [4.69, 9.17) is 10.5 Å². The second kappa shape index (κ2) is 8.02. The normalized spacial score (nSPS) is 11.8. The highest BCUT2D eigenvalue weighted by molar-refractivity contribution is 5.96. The van der Waals surface area contributed by atoms with Crippen molar-refractivity contribution in [2.75, 3.05) is 19.4 Å². The smallest absolute Gasteiger partial charge is 0.251 e. The van der Waals surface area contributed by atoms with Crippen LogP contribution < -0.4 is 11.1 Å². The predicted molar refractivity (Wildman–Crippen MR) is 80.8 cm³/mol. The molecule has 0 spiro atoms. The van der Waals surface area contributed by atoms with Gasteiger partial charge in [-0.05, 0) is 30.5 Å². The number of amides is 1. The summed E-state index contributed by atoms with van der Waals surface area (Å²) in [6.45, 7) is 6.52. The molecule has 1 amide bonds. The van der Waals surface area contributed by atoms with E-state index in [1.54, 1.807) is 19.2 Å². The lowest BCUT2D eigenvalue weighted by atomic mass is 10.1. The van der Waals surface area contributed by atoms with Crippen molar-refractivity contribution in [2.24, 2.45) is 5.92 Å². The first-order valence-electron chi connectivity index (χ1n) is 6.12. The number of anilines is 1. The molecule has 0 heterocycles. The fourth-order valence-electron chi connectivity index (χ4n) is 1.76. The second-order valence-electron chi connectivity index (χ2n) is 4.80. The molecule has 1 aromatic carbocycles. The summed E-state index contributed by atoms with van der Waals surface area (Å²) in [5, 5.41) is 2.88. The molecule has 0 bridgehead atoms. The van der Waals surface area contributed by atoms with Crippen molar-refractivity contribution in [3.05, 3.63) is 29.3 Å². The first-order chi connectivity index (χ1) is 8.45. The van der Waals surface area contributed by atoms with Crippen molar-refractivity contribution < 1.29 is 9.53 Å². The minimum Gasteiger partial charge on any atom is -0.399 e. The molecule has 0 aliphatic carbocycles. The van der Waals surface area contributed by atoms with Crippen LogP contribution in [0.25, 0.3) is 0 Å². The molecule has 0 saturated heterocycles. The van der Waals surface area contributed by atoms with E-state index in [-0.39, 0.29) is 24.4 Å². The Balaban J connectivity index is 0.00000324. The minimum atomic E-state index is -0.109. The van der Waals surface area contributed by atoms with Crippen LogP contribution in [0.15, 0.2) is 18.2 Å². The standard InChI is InChI=1S/C14H22N2O2.ClH/c1-9(2)13(18-4)8-16-14(17)12-7-11(15)6-5-10(12)3;/h5-7,9,13H,8,15H2,1-4H3,(H,16,17);1H. The first-order valence-corrected chi connectivity index (χ1v) is 6.12. The number of nitrogens with two attached hydrogens (primary N) is 1. The van der Waals surface area contributed by atoms with Crippen LogP contribution in [0.5, 0.6) is 0 Å². The molecule has 0 saturated carbocycles. The van der Waals surface area contributed by atoms with Crippen molar-refractivity contribution in [1.82, 2.24) is 5.32 Å². The van der Waals surface area contributed by atoms with Gasteiger partial charge in [0.1, 0.15) is 0 Å². The molecule has 3 N–H and O–H groups in total. The zero-order valence-corrected chi connectivity index (χ0v) is 12.7. The number of carbonyl (C=O) groups excluding carboxylic acids is 1. The molecule has 0 fully saturated rings. The second-order valence-corrected chi connectivity index (χ2v) is 4.80. The first kappa shape index (κ1) is 17.7. The fourth-order valence-corrected chi connectivity index (χ4v) is 1.76. The van der Waals surface area contributed by atoms with Crippen LogP contribution in [-0.4, -0.2) is 25.7 Å². The Morgan fingerprint density at radius 2 is 2.05 bits per heavy atom. The van der Waals surface area contributed by atoms with Gasteiger partial charge in [-0.15, -0.1) is 12.4 Å². The van der Waals surface area contributed by atoms with Gasteiger partial charge < -0.3 is 15.8 Å². The van der Waals surface area contributed by atoms with Crippen LogP contribution in [0.1, 0.15) is 29.8 Å². The van der Waals surface area contributed by atoms with Crippen LogP contribution in [0.2, 0.25) is 0 Å². The molecule has 0 radical (unpaired) electrons. The number of halogens is 1. The Labute approximate surface area is 121 Å². The number of nitrogen functional groups attached to an aromatic ring is 1. The van der Waals surface area contributed by atoms with E-state index in [1.165, 1.54) is 0 Å². The summed E-state index contributed by atoms with van der Waals surface area (Å²) in [4.78, 5) is 12.0. The third-order valence-electron chi connectivity index (χ3n) is 3.02. The Bertz CT molecular complexity index is 422. The molecule has 1 atom stereocenters. The highest BCUT2D eigenvalue weighted by atomic mass is 35.5. The Morgan fingerprint density at radius 1 is 1.42 bits per heavy atom. The van der Waals surface area contributed by atoms with E-state index in [1.807, 2.05) is 13.0 Å².